The number of aliphatic hydroxyl groups is 1. The van der Waals surface area contributed by atoms with Crippen LogP contribution in [0, 0.1) is 11.3 Å². The maximum Gasteiger partial charge on any atom is 0.253 e. The average Bonchev–Trinajstić information content (AvgIpc) is 2.95. The van der Waals surface area contributed by atoms with E-state index in [-0.39, 0.29) is 35.6 Å². The summed E-state index contributed by atoms with van der Waals surface area (Å²) in [5.41, 5.74) is 0.965. The molecule has 3 N–H and O–H groups in total. The molecule has 6 nitrogen and oxygen atoms in total. The Morgan fingerprint density at radius 3 is 2.50 bits per heavy atom. The SMILES string of the molecule is CN(CC(C)(C)C)C(=O)c1cccc(C(=O)NCC2CNCC2O)c1.Cl. The van der Waals surface area contributed by atoms with Gasteiger partial charge in [0.05, 0.1) is 6.10 Å². The molecule has 1 aromatic rings. The molecule has 0 saturated carbocycles. The summed E-state index contributed by atoms with van der Waals surface area (Å²) in [5.74, 6) is -0.307. The Labute approximate surface area is 161 Å². The number of β-amino-alcohol motifs (C(OH)–C–C–N with tert-alkyl or cyclic N) is 1. The van der Waals surface area contributed by atoms with Gasteiger partial charge in [-0.25, -0.2) is 0 Å². The predicted molar refractivity (Wildman–Crippen MR) is 105 cm³/mol. The van der Waals surface area contributed by atoms with Crippen molar-refractivity contribution in [3.8, 4) is 0 Å². The summed E-state index contributed by atoms with van der Waals surface area (Å²) in [6.45, 7) is 8.53. The van der Waals surface area contributed by atoms with Crippen LogP contribution in [0.5, 0.6) is 0 Å². The molecule has 1 aliphatic rings. The molecule has 7 heteroatoms. The van der Waals surface area contributed by atoms with Gasteiger partial charge in [0.25, 0.3) is 11.8 Å². The molecule has 2 atom stereocenters. The van der Waals surface area contributed by atoms with Gasteiger partial charge in [-0.1, -0.05) is 26.8 Å². The van der Waals surface area contributed by atoms with Crippen LogP contribution in [-0.2, 0) is 0 Å². The van der Waals surface area contributed by atoms with E-state index in [4.69, 9.17) is 0 Å². The molecular formula is C19H30ClN3O3. The fourth-order valence-electron chi connectivity index (χ4n) is 3.05. The minimum atomic E-state index is -0.431. The van der Waals surface area contributed by atoms with Gasteiger partial charge in [0, 0.05) is 50.3 Å². The highest BCUT2D eigenvalue weighted by Crippen LogP contribution is 2.16. The Morgan fingerprint density at radius 2 is 1.92 bits per heavy atom. The van der Waals surface area contributed by atoms with Crippen molar-refractivity contribution >= 4 is 24.2 Å². The number of hydrogen-bond donors (Lipinski definition) is 3. The zero-order valence-corrected chi connectivity index (χ0v) is 16.7. The predicted octanol–water partition coefficient (Wildman–Crippen LogP) is 1.54. The highest BCUT2D eigenvalue weighted by atomic mass is 35.5. The van der Waals surface area contributed by atoms with Gasteiger partial charge in [-0.05, 0) is 23.6 Å². The quantitative estimate of drug-likeness (QED) is 0.720. The Bertz CT molecular complexity index is 631. The largest absolute Gasteiger partial charge is 0.391 e. The van der Waals surface area contributed by atoms with Crippen LogP contribution < -0.4 is 10.6 Å². The lowest BCUT2D eigenvalue weighted by atomic mass is 9.96. The molecule has 1 fully saturated rings. The van der Waals surface area contributed by atoms with Crippen molar-refractivity contribution in [3.05, 3.63) is 35.4 Å². The molecule has 26 heavy (non-hydrogen) atoms. The van der Waals surface area contributed by atoms with Crippen molar-refractivity contribution in [2.75, 3.05) is 33.2 Å². The number of rotatable bonds is 5. The molecule has 0 bridgehead atoms. The number of hydrogen-bond acceptors (Lipinski definition) is 4. The number of carbonyl (C=O) groups is 2. The van der Waals surface area contributed by atoms with Crippen LogP contribution >= 0.6 is 12.4 Å². The van der Waals surface area contributed by atoms with Gasteiger partial charge >= 0.3 is 0 Å². The van der Waals surface area contributed by atoms with E-state index in [2.05, 4.69) is 31.4 Å². The van der Waals surface area contributed by atoms with E-state index >= 15 is 0 Å². The summed E-state index contributed by atoms with van der Waals surface area (Å²) in [5, 5.41) is 15.7. The van der Waals surface area contributed by atoms with E-state index in [0.717, 1.165) is 0 Å². The molecule has 1 saturated heterocycles. The topological polar surface area (TPSA) is 81.7 Å². The van der Waals surface area contributed by atoms with E-state index in [0.29, 0.717) is 37.3 Å². The molecule has 146 valence electrons. The molecule has 1 heterocycles. The van der Waals surface area contributed by atoms with Gasteiger partial charge in [0.15, 0.2) is 0 Å². The average molecular weight is 384 g/mol. The zero-order chi connectivity index (χ0) is 18.6. The fourth-order valence-corrected chi connectivity index (χ4v) is 3.05. The third-order valence-electron chi connectivity index (χ3n) is 4.26. The van der Waals surface area contributed by atoms with Gasteiger partial charge < -0.3 is 20.6 Å². The lowest BCUT2D eigenvalue weighted by molar-refractivity contribution is 0.0745. The molecule has 0 spiro atoms. The summed E-state index contributed by atoms with van der Waals surface area (Å²) in [7, 11) is 1.77. The van der Waals surface area contributed by atoms with Crippen LogP contribution in [0.1, 0.15) is 41.5 Å². The van der Waals surface area contributed by atoms with E-state index < -0.39 is 6.10 Å². The van der Waals surface area contributed by atoms with Crippen LogP contribution in [0.4, 0.5) is 0 Å². The Kier molecular flexibility index (Phi) is 8.06. The number of nitrogens with one attached hydrogen (secondary N) is 2. The van der Waals surface area contributed by atoms with E-state index in [1.165, 1.54) is 0 Å². The molecule has 1 aliphatic heterocycles. The number of benzene rings is 1. The Balaban J connectivity index is 0.00000338. The van der Waals surface area contributed by atoms with Gasteiger partial charge in [0.2, 0.25) is 0 Å². The summed E-state index contributed by atoms with van der Waals surface area (Å²) in [4.78, 5) is 26.6. The molecule has 1 aromatic carbocycles. The lowest BCUT2D eigenvalue weighted by Crippen LogP contribution is -2.35. The smallest absolute Gasteiger partial charge is 0.253 e. The maximum absolute atomic E-state index is 12.6. The Hall–Kier alpha value is -1.63. The third kappa shape index (κ3) is 6.27. The van der Waals surface area contributed by atoms with Gasteiger partial charge in [-0.2, -0.15) is 0 Å². The van der Waals surface area contributed by atoms with Crippen LogP contribution in [-0.4, -0.2) is 61.2 Å². The molecule has 0 aromatic heterocycles. The van der Waals surface area contributed by atoms with Gasteiger partial charge in [-0.3, -0.25) is 9.59 Å². The van der Waals surface area contributed by atoms with Crippen molar-refractivity contribution < 1.29 is 14.7 Å². The molecule has 2 rings (SSSR count). The number of halogens is 1. The van der Waals surface area contributed by atoms with E-state index in [1.54, 1.807) is 36.2 Å². The van der Waals surface area contributed by atoms with Crippen molar-refractivity contribution in [2.45, 2.75) is 26.9 Å². The second kappa shape index (κ2) is 9.35. The van der Waals surface area contributed by atoms with Crippen LogP contribution in [0.15, 0.2) is 24.3 Å². The van der Waals surface area contributed by atoms with Crippen LogP contribution in [0.3, 0.4) is 0 Å². The lowest BCUT2D eigenvalue weighted by Gasteiger charge is -2.26. The minimum absolute atomic E-state index is 0. The normalized spacial score (nSPS) is 19.6. The number of carbonyl (C=O) groups excluding carboxylic acids is 2. The maximum atomic E-state index is 12.6. The highest BCUT2D eigenvalue weighted by molar-refractivity contribution is 5.99. The highest BCUT2D eigenvalue weighted by Gasteiger charge is 2.25. The van der Waals surface area contributed by atoms with Crippen LogP contribution in [0.2, 0.25) is 0 Å². The Morgan fingerprint density at radius 1 is 1.27 bits per heavy atom. The second-order valence-corrected chi connectivity index (χ2v) is 8.00. The van der Waals surface area contributed by atoms with Crippen LogP contribution in [0.25, 0.3) is 0 Å². The van der Waals surface area contributed by atoms with Crippen molar-refractivity contribution in [3.63, 3.8) is 0 Å². The molecular weight excluding hydrogens is 354 g/mol. The van der Waals surface area contributed by atoms with Gasteiger partial charge in [-0.15, -0.1) is 12.4 Å². The van der Waals surface area contributed by atoms with E-state index in [9.17, 15) is 14.7 Å². The first-order valence-corrected chi connectivity index (χ1v) is 8.70. The van der Waals surface area contributed by atoms with Gasteiger partial charge in [0.1, 0.15) is 0 Å². The van der Waals surface area contributed by atoms with Crippen molar-refractivity contribution in [1.29, 1.82) is 0 Å². The second-order valence-electron chi connectivity index (χ2n) is 8.00. The van der Waals surface area contributed by atoms with E-state index in [1.807, 2.05) is 0 Å². The standard InChI is InChI=1S/C19H29N3O3.ClH/c1-19(2,3)12-22(4)18(25)14-7-5-6-13(8-14)17(24)21-10-15-9-20-11-16(15)23;/h5-8,15-16,20,23H,9-12H2,1-4H3,(H,21,24);1H. The minimum Gasteiger partial charge on any atom is -0.391 e. The first kappa shape index (κ1) is 22.4. The fraction of sp³-hybridized carbons (Fsp3) is 0.579. The van der Waals surface area contributed by atoms with Crippen molar-refractivity contribution in [2.24, 2.45) is 11.3 Å². The number of amides is 2. The molecule has 2 unspecified atom stereocenters. The zero-order valence-electron chi connectivity index (χ0n) is 15.9. The summed E-state index contributed by atoms with van der Waals surface area (Å²) < 4.78 is 0. The monoisotopic (exact) mass is 383 g/mol. The summed E-state index contributed by atoms with van der Waals surface area (Å²) in [6.07, 6.45) is -0.431. The molecule has 0 aliphatic carbocycles. The number of aliphatic hydroxyl groups excluding tert-OH is 1. The summed E-state index contributed by atoms with van der Waals surface area (Å²) in [6, 6.07) is 6.77. The first-order valence-electron chi connectivity index (χ1n) is 8.70. The first-order chi connectivity index (χ1) is 11.7. The number of nitrogens with zero attached hydrogens (tertiary/aromatic N) is 1. The molecule has 2 amide bonds. The van der Waals surface area contributed by atoms with Crippen molar-refractivity contribution in [1.82, 2.24) is 15.5 Å². The molecule has 0 radical (unpaired) electrons. The summed E-state index contributed by atoms with van der Waals surface area (Å²) >= 11 is 0. The third-order valence-corrected chi connectivity index (χ3v) is 4.26.